The van der Waals surface area contributed by atoms with Crippen LogP contribution in [0.3, 0.4) is 0 Å². The highest BCUT2D eigenvalue weighted by atomic mass is 32.2. The standard InChI is InChI=1S/C18H18N4O4S/c23-18(21-13-3-6-16-17(9-13)20-11-19-16)12-1-4-15(5-2-12)27(24,25)22-14-7-8-26-10-14/h1-6,9,11,14,22H,7-8,10H2,(H,19,20)(H,21,23)/t14-/m0/s1. The summed E-state index contributed by atoms with van der Waals surface area (Å²) in [6.45, 7) is 0.928. The summed E-state index contributed by atoms with van der Waals surface area (Å²) in [4.78, 5) is 19.6. The predicted octanol–water partition coefficient (Wildman–Crippen LogP) is 1.88. The van der Waals surface area contributed by atoms with Gasteiger partial charge in [-0.15, -0.1) is 0 Å². The van der Waals surface area contributed by atoms with Crippen LogP contribution in [-0.4, -0.2) is 43.5 Å². The van der Waals surface area contributed by atoms with Crippen molar-refractivity contribution in [1.29, 1.82) is 0 Å². The molecule has 3 N–H and O–H groups in total. The second-order valence-electron chi connectivity index (χ2n) is 6.29. The minimum absolute atomic E-state index is 0.116. The first-order valence-corrected chi connectivity index (χ1v) is 9.94. The first-order chi connectivity index (χ1) is 13.0. The topological polar surface area (TPSA) is 113 Å². The normalized spacial score (nSPS) is 17.3. The Morgan fingerprint density at radius 2 is 2.00 bits per heavy atom. The van der Waals surface area contributed by atoms with Crippen molar-refractivity contribution in [2.45, 2.75) is 17.4 Å². The number of aromatic amines is 1. The third-order valence-electron chi connectivity index (χ3n) is 4.36. The highest BCUT2D eigenvalue weighted by Gasteiger charge is 2.23. The molecule has 1 fully saturated rings. The van der Waals surface area contributed by atoms with Crippen LogP contribution in [0.2, 0.25) is 0 Å². The smallest absolute Gasteiger partial charge is 0.255 e. The van der Waals surface area contributed by atoms with E-state index in [1.165, 1.54) is 24.3 Å². The highest BCUT2D eigenvalue weighted by molar-refractivity contribution is 7.89. The molecule has 0 radical (unpaired) electrons. The number of aromatic nitrogens is 2. The van der Waals surface area contributed by atoms with E-state index < -0.39 is 10.0 Å². The van der Waals surface area contributed by atoms with E-state index in [1.54, 1.807) is 24.5 Å². The van der Waals surface area contributed by atoms with Gasteiger partial charge in [0.2, 0.25) is 10.0 Å². The summed E-state index contributed by atoms with van der Waals surface area (Å²) in [6.07, 6.45) is 2.24. The molecule has 2 heterocycles. The quantitative estimate of drug-likeness (QED) is 0.620. The van der Waals surface area contributed by atoms with Gasteiger partial charge in [-0.3, -0.25) is 4.79 Å². The number of rotatable bonds is 5. The maximum Gasteiger partial charge on any atom is 0.255 e. The van der Waals surface area contributed by atoms with Gasteiger partial charge in [-0.05, 0) is 48.9 Å². The molecule has 0 spiro atoms. The molecule has 1 amide bonds. The molecule has 140 valence electrons. The minimum Gasteiger partial charge on any atom is -0.380 e. The molecular weight excluding hydrogens is 368 g/mol. The molecule has 0 bridgehead atoms. The summed E-state index contributed by atoms with van der Waals surface area (Å²) in [6, 6.07) is 11.0. The van der Waals surface area contributed by atoms with Gasteiger partial charge in [-0.2, -0.15) is 0 Å². The molecule has 3 aromatic rings. The van der Waals surface area contributed by atoms with Gasteiger partial charge in [-0.1, -0.05) is 0 Å². The van der Waals surface area contributed by atoms with E-state index in [-0.39, 0.29) is 16.8 Å². The Bertz CT molecular complexity index is 1070. The minimum atomic E-state index is -3.64. The molecule has 1 aliphatic heterocycles. The summed E-state index contributed by atoms with van der Waals surface area (Å²) in [5, 5.41) is 2.79. The largest absolute Gasteiger partial charge is 0.380 e. The fourth-order valence-corrected chi connectivity index (χ4v) is 4.17. The van der Waals surface area contributed by atoms with Gasteiger partial charge in [0.25, 0.3) is 5.91 Å². The molecule has 1 saturated heterocycles. The monoisotopic (exact) mass is 386 g/mol. The lowest BCUT2D eigenvalue weighted by Crippen LogP contribution is -2.35. The third-order valence-corrected chi connectivity index (χ3v) is 5.89. The molecule has 1 aliphatic rings. The molecule has 4 rings (SSSR count). The van der Waals surface area contributed by atoms with E-state index in [2.05, 4.69) is 20.0 Å². The van der Waals surface area contributed by atoms with Gasteiger partial charge >= 0.3 is 0 Å². The lowest BCUT2D eigenvalue weighted by atomic mass is 10.2. The van der Waals surface area contributed by atoms with Crippen LogP contribution in [0.25, 0.3) is 11.0 Å². The molecule has 9 heteroatoms. The fraction of sp³-hybridized carbons (Fsp3) is 0.222. The van der Waals surface area contributed by atoms with Crippen molar-refractivity contribution < 1.29 is 17.9 Å². The number of hydrogen-bond acceptors (Lipinski definition) is 5. The number of benzene rings is 2. The number of nitrogens with zero attached hydrogens (tertiary/aromatic N) is 1. The van der Waals surface area contributed by atoms with E-state index >= 15 is 0 Å². The van der Waals surface area contributed by atoms with Crippen LogP contribution in [0.5, 0.6) is 0 Å². The van der Waals surface area contributed by atoms with Gasteiger partial charge in [0.1, 0.15) is 0 Å². The molecule has 2 aromatic carbocycles. The van der Waals surface area contributed by atoms with Crippen molar-refractivity contribution in [3.63, 3.8) is 0 Å². The number of nitrogens with one attached hydrogen (secondary N) is 3. The summed E-state index contributed by atoms with van der Waals surface area (Å²) >= 11 is 0. The van der Waals surface area contributed by atoms with Gasteiger partial charge in [0, 0.05) is 23.9 Å². The lowest BCUT2D eigenvalue weighted by molar-refractivity contribution is 0.102. The van der Waals surface area contributed by atoms with Crippen LogP contribution >= 0.6 is 0 Å². The second-order valence-corrected chi connectivity index (χ2v) is 8.01. The fourth-order valence-electron chi connectivity index (χ4n) is 2.92. The summed E-state index contributed by atoms with van der Waals surface area (Å²) < 4.78 is 32.6. The first kappa shape index (κ1) is 17.7. The molecule has 27 heavy (non-hydrogen) atoms. The first-order valence-electron chi connectivity index (χ1n) is 8.46. The predicted molar refractivity (Wildman–Crippen MR) is 100 cm³/mol. The Labute approximate surface area is 156 Å². The van der Waals surface area contributed by atoms with Crippen molar-refractivity contribution in [3.8, 4) is 0 Å². The van der Waals surface area contributed by atoms with Crippen LogP contribution in [-0.2, 0) is 14.8 Å². The molecule has 0 unspecified atom stereocenters. The number of H-pyrrole nitrogens is 1. The molecule has 0 saturated carbocycles. The van der Waals surface area contributed by atoms with Crippen LogP contribution in [0, 0.1) is 0 Å². The number of anilines is 1. The van der Waals surface area contributed by atoms with Gasteiger partial charge < -0.3 is 15.0 Å². The van der Waals surface area contributed by atoms with Gasteiger partial charge in [-0.25, -0.2) is 18.1 Å². The number of fused-ring (bicyclic) bond motifs is 1. The molecule has 8 nitrogen and oxygen atoms in total. The number of imidazole rings is 1. The van der Waals surface area contributed by atoms with Crippen molar-refractivity contribution in [1.82, 2.24) is 14.7 Å². The van der Waals surface area contributed by atoms with Crippen LogP contribution in [0.1, 0.15) is 16.8 Å². The van der Waals surface area contributed by atoms with Crippen LogP contribution in [0.4, 0.5) is 5.69 Å². The van der Waals surface area contributed by atoms with Crippen molar-refractivity contribution in [2.24, 2.45) is 0 Å². The number of carbonyl (C=O) groups is 1. The number of carbonyl (C=O) groups excluding carboxylic acids is 1. The number of amides is 1. The average molecular weight is 386 g/mol. The number of hydrogen-bond donors (Lipinski definition) is 3. The lowest BCUT2D eigenvalue weighted by Gasteiger charge is -2.12. The average Bonchev–Trinajstić information content (AvgIpc) is 3.32. The van der Waals surface area contributed by atoms with E-state index in [9.17, 15) is 13.2 Å². The second kappa shape index (κ2) is 7.10. The summed E-state index contributed by atoms with van der Waals surface area (Å²) in [5.74, 6) is -0.324. The van der Waals surface area contributed by atoms with Gasteiger partial charge in [0.15, 0.2) is 0 Å². The highest BCUT2D eigenvalue weighted by Crippen LogP contribution is 2.18. The van der Waals surface area contributed by atoms with Crippen molar-refractivity contribution in [3.05, 3.63) is 54.4 Å². The van der Waals surface area contributed by atoms with E-state index in [1.807, 2.05) is 0 Å². The van der Waals surface area contributed by atoms with E-state index in [0.29, 0.717) is 30.9 Å². The Morgan fingerprint density at radius 1 is 1.19 bits per heavy atom. The number of ether oxygens (including phenoxy) is 1. The maximum absolute atomic E-state index is 12.4. The van der Waals surface area contributed by atoms with Gasteiger partial charge in [0.05, 0.1) is 28.9 Å². The summed E-state index contributed by atoms with van der Waals surface area (Å²) in [7, 11) is -3.64. The molecular formula is C18H18N4O4S. The molecule has 1 atom stereocenters. The Balaban J connectivity index is 1.46. The zero-order valence-electron chi connectivity index (χ0n) is 14.3. The maximum atomic E-state index is 12.4. The summed E-state index contributed by atoms with van der Waals surface area (Å²) in [5.41, 5.74) is 2.61. The zero-order valence-corrected chi connectivity index (χ0v) is 15.1. The SMILES string of the molecule is O=C(Nc1ccc2nc[nH]c2c1)c1ccc(S(=O)(=O)N[C@H]2CCOC2)cc1. The molecule has 0 aliphatic carbocycles. The Morgan fingerprint density at radius 3 is 2.74 bits per heavy atom. The number of sulfonamides is 1. The third kappa shape index (κ3) is 3.85. The molecule has 1 aromatic heterocycles. The van der Waals surface area contributed by atoms with E-state index in [4.69, 9.17) is 4.74 Å². The van der Waals surface area contributed by atoms with E-state index in [0.717, 1.165) is 11.0 Å². The van der Waals surface area contributed by atoms with Crippen molar-refractivity contribution in [2.75, 3.05) is 18.5 Å². The van der Waals surface area contributed by atoms with Crippen LogP contribution in [0.15, 0.2) is 53.7 Å². The Hall–Kier alpha value is -2.75. The van der Waals surface area contributed by atoms with Crippen LogP contribution < -0.4 is 10.0 Å². The Kier molecular flexibility index (Phi) is 4.65. The zero-order chi connectivity index (χ0) is 18.9. The van der Waals surface area contributed by atoms with Crippen molar-refractivity contribution >= 4 is 32.7 Å².